The van der Waals surface area contributed by atoms with Crippen molar-refractivity contribution in [2.75, 3.05) is 26.9 Å². The van der Waals surface area contributed by atoms with Gasteiger partial charge in [-0.25, -0.2) is 4.68 Å². The Morgan fingerprint density at radius 2 is 2.29 bits per heavy atom. The van der Waals surface area contributed by atoms with E-state index in [9.17, 15) is 0 Å². The van der Waals surface area contributed by atoms with Gasteiger partial charge in [0.25, 0.3) is 0 Å². The SMILES string of the molecule is COCCOCCn1cc(CBr)nn1. The maximum absolute atomic E-state index is 5.30. The van der Waals surface area contributed by atoms with Crippen molar-refractivity contribution in [3.05, 3.63) is 11.9 Å². The van der Waals surface area contributed by atoms with E-state index in [2.05, 4.69) is 26.2 Å². The van der Waals surface area contributed by atoms with E-state index in [4.69, 9.17) is 9.47 Å². The van der Waals surface area contributed by atoms with Gasteiger partial charge >= 0.3 is 0 Å². The van der Waals surface area contributed by atoms with Gasteiger partial charge in [0.05, 0.1) is 32.1 Å². The van der Waals surface area contributed by atoms with Gasteiger partial charge in [-0.3, -0.25) is 0 Å². The Hall–Kier alpha value is -0.460. The van der Waals surface area contributed by atoms with Crippen LogP contribution >= 0.6 is 15.9 Å². The van der Waals surface area contributed by atoms with Crippen molar-refractivity contribution in [1.82, 2.24) is 15.0 Å². The Balaban J connectivity index is 2.12. The fraction of sp³-hybridized carbons (Fsp3) is 0.750. The summed E-state index contributed by atoms with van der Waals surface area (Å²) in [6, 6.07) is 0. The molecule has 0 amide bonds. The van der Waals surface area contributed by atoms with Crippen LogP contribution in [-0.2, 0) is 21.3 Å². The molecule has 0 spiro atoms. The molecule has 80 valence electrons. The van der Waals surface area contributed by atoms with Crippen LogP contribution in [0, 0.1) is 0 Å². The van der Waals surface area contributed by atoms with Gasteiger partial charge in [0.15, 0.2) is 0 Å². The highest BCUT2D eigenvalue weighted by atomic mass is 79.9. The second kappa shape index (κ2) is 6.92. The van der Waals surface area contributed by atoms with E-state index in [0.29, 0.717) is 19.8 Å². The van der Waals surface area contributed by atoms with Crippen molar-refractivity contribution >= 4 is 15.9 Å². The molecule has 0 aliphatic rings. The number of hydrogen-bond acceptors (Lipinski definition) is 4. The molecule has 0 bridgehead atoms. The van der Waals surface area contributed by atoms with Gasteiger partial charge in [0.2, 0.25) is 0 Å². The summed E-state index contributed by atoms with van der Waals surface area (Å²) in [5, 5.41) is 8.60. The molecule has 0 atom stereocenters. The third-order valence-electron chi connectivity index (χ3n) is 1.62. The lowest BCUT2D eigenvalue weighted by Gasteiger charge is -2.02. The first-order chi connectivity index (χ1) is 6.86. The Kier molecular flexibility index (Phi) is 5.74. The third-order valence-corrected chi connectivity index (χ3v) is 2.19. The van der Waals surface area contributed by atoms with Crippen molar-refractivity contribution in [2.45, 2.75) is 11.9 Å². The van der Waals surface area contributed by atoms with Crippen LogP contribution in [-0.4, -0.2) is 41.9 Å². The van der Waals surface area contributed by atoms with Crippen molar-refractivity contribution in [2.24, 2.45) is 0 Å². The predicted octanol–water partition coefficient (Wildman–Crippen LogP) is 0.836. The van der Waals surface area contributed by atoms with Crippen LogP contribution in [0.15, 0.2) is 6.20 Å². The van der Waals surface area contributed by atoms with Gasteiger partial charge in [0, 0.05) is 18.6 Å². The molecule has 1 aromatic rings. The Labute approximate surface area is 91.5 Å². The highest BCUT2D eigenvalue weighted by Crippen LogP contribution is 1.98. The average molecular weight is 264 g/mol. The van der Waals surface area contributed by atoms with Crippen LogP contribution in [0.3, 0.4) is 0 Å². The van der Waals surface area contributed by atoms with E-state index in [1.54, 1.807) is 11.8 Å². The van der Waals surface area contributed by atoms with Gasteiger partial charge in [-0.05, 0) is 0 Å². The molecule has 6 heteroatoms. The second-order valence-electron chi connectivity index (χ2n) is 2.71. The summed E-state index contributed by atoms with van der Waals surface area (Å²) in [7, 11) is 1.66. The Morgan fingerprint density at radius 1 is 1.43 bits per heavy atom. The molecule has 14 heavy (non-hydrogen) atoms. The number of methoxy groups -OCH3 is 1. The summed E-state index contributed by atoms with van der Waals surface area (Å²) in [5.41, 5.74) is 0.932. The maximum atomic E-state index is 5.30. The molecule has 0 fully saturated rings. The number of aromatic nitrogens is 3. The van der Waals surface area contributed by atoms with Crippen LogP contribution in [0.1, 0.15) is 5.69 Å². The van der Waals surface area contributed by atoms with Crippen LogP contribution in [0.2, 0.25) is 0 Å². The summed E-state index contributed by atoms with van der Waals surface area (Å²) in [5.74, 6) is 0. The van der Waals surface area contributed by atoms with Crippen molar-refractivity contribution in [3.63, 3.8) is 0 Å². The van der Waals surface area contributed by atoms with E-state index in [-0.39, 0.29) is 0 Å². The first-order valence-corrected chi connectivity index (χ1v) is 5.50. The van der Waals surface area contributed by atoms with Crippen LogP contribution in [0.25, 0.3) is 0 Å². The molecule has 0 aliphatic heterocycles. The topological polar surface area (TPSA) is 49.2 Å². The summed E-state index contributed by atoms with van der Waals surface area (Å²) in [4.78, 5) is 0. The van der Waals surface area contributed by atoms with Crippen LogP contribution < -0.4 is 0 Å². The molecule has 1 rings (SSSR count). The highest BCUT2D eigenvalue weighted by molar-refractivity contribution is 9.08. The quantitative estimate of drug-likeness (QED) is 0.541. The minimum absolute atomic E-state index is 0.622. The zero-order valence-corrected chi connectivity index (χ0v) is 9.73. The maximum Gasteiger partial charge on any atom is 0.0932 e. The molecular weight excluding hydrogens is 250 g/mol. The van der Waals surface area contributed by atoms with Gasteiger partial charge in [-0.1, -0.05) is 21.1 Å². The minimum Gasteiger partial charge on any atom is -0.382 e. The molecule has 0 aliphatic carbocycles. The smallest absolute Gasteiger partial charge is 0.0932 e. The highest BCUT2D eigenvalue weighted by Gasteiger charge is 1.97. The molecular formula is C8H14BrN3O2. The van der Waals surface area contributed by atoms with E-state index in [1.807, 2.05) is 6.20 Å². The molecule has 0 saturated heterocycles. The normalized spacial score (nSPS) is 10.7. The zero-order chi connectivity index (χ0) is 10.2. The Morgan fingerprint density at radius 3 is 2.93 bits per heavy atom. The summed E-state index contributed by atoms with van der Waals surface area (Å²) >= 11 is 3.31. The van der Waals surface area contributed by atoms with Crippen molar-refractivity contribution < 1.29 is 9.47 Å². The average Bonchev–Trinajstić information content (AvgIpc) is 2.65. The van der Waals surface area contributed by atoms with E-state index in [0.717, 1.165) is 17.6 Å². The molecule has 0 aromatic carbocycles. The van der Waals surface area contributed by atoms with Crippen LogP contribution in [0.5, 0.6) is 0 Å². The predicted molar refractivity (Wildman–Crippen MR) is 55.3 cm³/mol. The van der Waals surface area contributed by atoms with Gasteiger partial charge in [0.1, 0.15) is 0 Å². The summed E-state index contributed by atoms with van der Waals surface area (Å²) in [6.45, 7) is 2.61. The number of halogens is 1. The standard InChI is InChI=1S/C8H14BrN3O2/c1-13-4-5-14-3-2-12-7-8(6-9)10-11-12/h7H,2-6H2,1H3. The van der Waals surface area contributed by atoms with Crippen molar-refractivity contribution in [3.8, 4) is 0 Å². The number of rotatable bonds is 7. The number of nitrogens with zero attached hydrogens (tertiary/aromatic N) is 3. The van der Waals surface area contributed by atoms with Crippen LogP contribution in [0.4, 0.5) is 0 Å². The molecule has 0 radical (unpaired) electrons. The molecule has 0 saturated carbocycles. The molecule has 5 nitrogen and oxygen atoms in total. The molecule has 1 aromatic heterocycles. The number of hydrogen-bond donors (Lipinski definition) is 0. The zero-order valence-electron chi connectivity index (χ0n) is 8.15. The Bertz CT molecular complexity index is 254. The minimum atomic E-state index is 0.622. The summed E-state index contributed by atoms with van der Waals surface area (Å²) in [6.07, 6.45) is 1.90. The van der Waals surface area contributed by atoms with Gasteiger partial charge in [-0.15, -0.1) is 5.10 Å². The number of alkyl halides is 1. The lowest BCUT2D eigenvalue weighted by Crippen LogP contribution is -2.09. The molecule has 0 N–H and O–H groups in total. The van der Waals surface area contributed by atoms with E-state index >= 15 is 0 Å². The fourth-order valence-corrected chi connectivity index (χ4v) is 1.17. The van der Waals surface area contributed by atoms with E-state index in [1.165, 1.54) is 0 Å². The monoisotopic (exact) mass is 263 g/mol. The first kappa shape index (κ1) is 11.6. The van der Waals surface area contributed by atoms with E-state index < -0.39 is 0 Å². The fourth-order valence-electron chi connectivity index (χ4n) is 0.911. The lowest BCUT2D eigenvalue weighted by atomic mass is 10.5. The second-order valence-corrected chi connectivity index (χ2v) is 3.27. The van der Waals surface area contributed by atoms with Crippen molar-refractivity contribution in [1.29, 1.82) is 0 Å². The largest absolute Gasteiger partial charge is 0.382 e. The molecule has 1 heterocycles. The first-order valence-electron chi connectivity index (χ1n) is 4.38. The summed E-state index contributed by atoms with van der Waals surface area (Å²) < 4.78 is 11.9. The number of ether oxygens (including phenoxy) is 2. The third kappa shape index (κ3) is 4.17. The molecule has 0 unspecified atom stereocenters. The van der Waals surface area contributed by atoms with Gasteiger partial charge in [-0.2, -0.15) is 0 Å². The van der Waals surface area contributed by atoms with Gasteiger partial charge < -0.3 is 9.47 Å². The lowest BCUT2D eigenvalue weighted by molar-refractivity contribution is 0.0652.